The van der Waals surface area contributed by atoms with Gasteiger partial charge in [0.05, 0.1) is 0 Å². The largest absolute Gasteiger partial charge is 0.407 e. The third-order valence-corrected chi connectivity index (χ3v) is 8.66. The Morgan fingerprint density at radius 1 is 0.517 bits per heavy atom. The monoisotopic (exact) mass is 396 g/mol. The van der Waals surface area contributed by atoms with E-state index < -0.39 is 8.56 Å². The van der Waals surface area contributed by atoms with Crippen LogP contribution >= 0.6 is 0 Å². The second-order valence-electron chi connectivity index (χ2n) is 6.85. The Hall–Kier alpha value is -2.98. The van der Waals surface area contributed by atoms with E-state index in [0.717, 1.165) is 15.9 Å². The van der Waals surface area contributed by atoms with Gasteiger partial charge in [0.15, 0.2) is 0 Å². The zero-order valence-corrected chi connectivity index (χ0v) is 17.7. The topological polar surface area (TPSA) is 18.5 Å². The minimum Gasteiger partial charge on any atom is -0.391 e. The highest BCUT2D eigenvalue weighted by atomic mass is 28.4. The van der Waals surface area contributed by atoms with Crippen molar-refractivity contribution in [3.8, 4) is 22.3 Å². The van der Waals surface area contributed by atoms with E-state index in [0.29, 0.717) is 0 Å². The van der Waals surface area contributed by atoms with Crippen molar-refractivity contribution in [2.75, 3.05) is 14.2 Å². The van der Waals surface area contributed by atoms with E-state index in [4.69, 9.17) is 8.85 Å². The van der Waals surface area contributed by atoms with Crippen LogP contribution in [0.25, 0.3) is 22.3 Å². The fourth-order valence-corrected chi connectivity index (χ4v) is 6.90. The van der Waals surface area contributed by atoms with E-state index in [1.54, 1.807) is 14.2 Å². The summed E-state index contributed by atoms with van der Waals surface area (Å²) >= 11 is 0. The summed E-state index contributed by atoms with van der Waals surface area (Å²) in [6.07, 6.45) is 0. The van der Waals surface area contributed by atoms with Crippen molar-refractivity contribution in [1.82, 2.24) is 0 Å². The van der Waals surface area contributed by atoms with Crippen molar-refractivity contribution in [3.63, 3.8) is 0 Å². The summed E-state index contributed by atoms with van der Waals surface area (Å²) in [6, 6.07) is 37.7. The molecule has 29 heavy (non-hydrogen) atoms. The van der Waals surface area contributed by atoms with Gasteiger partial charge in [-0.1, -0.05) is 109 Å². The van der Waals surface area contributed by atoms with Crippen molar-refractivity contribution >= 4 is 18.9 Å². The Morgan fingerprint density at radius 2 is 1.03 bits per heavy atom. The maximum Gasteiger partial charge on any atom is 0.407 e. The van der Waals surface area contributed by atoms with E-state index >= 15 is 0 Å². The summed E-state index contributed by atoms with van der Waals surface area (Å²) in [5.41, 5.74) is 4.68. The highest BCUT2D eigenvalue weighted by molar-refractivity contribution is 6.93. The molecule has 0 aromatic heterocycles. The van der Waals surface area contributed by atoms with Gasteiger partial charge in [0.25, 0.3) is 0 Å². The Morgan fingerprint density at radius 3 is 1.59 bits per heavy atom. The Balaban J connectivity index is 2.06. The lowest BCUT2D eigenvalue weighted by Crippen LogP contribution is -2.62. The molecule has 0 atom stereocenters. The smallest absolute Gasteiger partial charge is 0.391 e. The van der Waals surface area contributed by atoms with Crippen LogP contribution in [-0.2, 0) is 8.85 Å². The molecule has 0 aliphatic heterocycles. The van der Waals surface area contributed by atoms with Crippen LogP contribution in [0.1, 0.15) is 0 Å². The van der Waals surface area contributed by atoms with E-state index in [1.807, 2.05) is 30.3 Å². The molecule has 0 radical (unpaired) electrons. The number of hydrogen-bond acceptors (Lipinski definition) is 2. The molecule has 0 heterocycles. The van der Waals surface area contributed by atoms with Crippen LogP contribution in [-0.4, -0.2) is 22.8 Å². The van der Waals surface area contributed by atoms with Gasteiger partial charge in [-0.3, -0.25) is 0 Å². The quantitative estimate of drug-likeness (QED) is 0.433. The fraction of sp³-hybridized carbons (Fsp3) is 0.0769. The molecular weight excluding hydrogens is 372 g/mol. The molecule has 0 saturated carbocycles. The predicted octanol–water partition coefficient (Wildman–Crippen LogP) is 4.87. The molecule has 4 aromatic rings. The van der Waals surface area contributed by atoms with E-state index in [-0.39, 0.29) is 0 Å². The third kappa shape index (κ3) is 3.56. The minimum atomic E-state index is -2.89. The van der Waals surface area contributed by atoms with Crippen LogP contribution in [0.5, 0.6) is 0 Å². The van der Waals surface area contributed by atoms with Gasteiger partial charge in [-0.05, 0) is 27.4 Å². The van der Waals surface area contributed by atoms with Crippen LogP contribution in [0, 0.1) is 0 Å². The average molecular weight is 397 g/mol. The van der Waals surface area contributed by atoms with Gasteiger partial charge in [0.1, 0.15) is 0 Å². The Kier molecular flexibility index (Phi) is 5.72. The van der Waals surface area contributed by atoms with E-state index in [2.05, 4.69) is 78.9 Å². The molecule has 4 aromatic carbocycles. The lowest BCUT2D eigenvalue weighted by Gasteiger charge is -2.31. The summed E-state index contributed by atoms with van der Waals surface area (Å²) in [6.45, 7) is 0. The first-order valence-electron chi connectivity index (χ1n) is 9.70. The standard InChI is InChI=1S/C26H24O2Si/c1-27-29(28-2,23-17-10-5-11-18-23)25-20-12-19-24(21-13-6-3-7-14-21)26(25)22-15-8-4-9-16-22/h3-20H,1-2H3. The number of hydrogen-bond donors (Lipinski definition) is 0. The fourth-order valence-electron chi connectivity index (χ4n) is 3.95. The lowest BCUT2D eigenvalue weighted by atomic mass is 9.94. The molecule has 0 aliphatic carbocycles. The molecule has 0 aliphatic rings. The zero-order chi connectivity index (χ0) is 20.1. The molecule has 2 nitrogen and oxygen atoms in total. The molecule has 0 bridgehead atoms. The van der Waals surface area contributed by atoms with Gasteiger partial charge in [0.2, 0.25) is 0 Å². The first-order chi connectivity index (χ1) is 14.3. The van der Waals surface area contributed by atoms with Crippen molar-refractivity contribution in [3.05, 3.63) is 109 Å². The SMILES string of the molecule is CO[Si](OC)(c1ccccc1)c1cccc(-c2ccccc2)c1-c1ccccc1. The van der Waals surface area contributed by atoms with Crippen LogP contribution < -0.4 is 10.4 Å². The van der Waals surface area contributed by atoms with Gasteiger partial charge in [-0.25, -0.2) is 0 Å². The molecule has 0 saturated heterocycles. The molecular formula is C26H24O2Si. The molecule has 4 rings (SSSR count). The lowest BCUT2D eigenvalue weighted by molar-refractivity contribution is 0.273. The maximum atomic E-state index is 6.23. The normalized spacial score (nSPS) is 11.4. The van der Waals surface area contributed by atoms with Gasteiger partial charge >= 0.3 is 8.56 Å². The number of benzene rings is 4. The van der Waals surface area contributed by atoms with Gasteiger partial charge < -0.3 is 8.85 Å². The van der Waals surface area contributed by atoms with Gasteiger partial charge in [-0.15, -0.1) is 0 Å². The van der Waals surface area contributed by atoms with Crippen molar-refractivity contribution < 1.29 is 8.85 Å². The second kappa shape index (κ2) is 8.58. The molecule has 0 N–H and O–H groups in total. The van der Waals surface area contributed by atoms with Crippen molar-refractivity contribution in [2.45, 2.75) is 0 Å². The first-order valence-corrected chi connectivity index (χ1v) is 11.5. The van der Waals surface area contributed by atoms with Crippen LogP contribution in [0.3, 0.4) is 0 Å². The van der Waals surface area contributed by atoms with Gasteiger partial charge in [-0.2, -0.15) is 0 Å². The third-order valence-electron chi connectivity index (χ3n) is 5.30. The zero-order valence-electron chi connectivity index (χ0n) is 16.7. The van der Waals surface area contributed by atoms with Crippen molar-refractivity contribution in [1.29, 1.82) is 0 Å². The minimum absolute atomic E-state index is 1.09. The summed E-state index contributed by atoms with van der Waals surface area (Å²) < 4.78 is 12.5. The van der Waals surface area contributed by atoms with E-state index in [9.17, 15) is 0 Å². The molecule has 0 spiro atoms. The molecule has 0 amide bonds. The molecule has 144 valence electrons. The van der Waals surface area contributed by atoms with Gasteiger partial charge in [0, 0.05) is 19.4 Å². The highest BCUT2D eigenvalue weighted by Crippen LogP contribution is 2.32. The second-order valence-corrected chi connectivity index (χ2v) is 10.0. The van der Waals surface area contributed by atoms with Crippen LogP contribution in [0.4, 0.5) is 0 Å². The summed E-state index contributed by atoms with van der Waals surface area (Å²) in [5, 5.41) is 2.20. The summed E-state index contributed by atoms with van der Waals surface area (Å²) in [4.78, 5) is 0. The summed E-state index contributed by atoms with van der Waals surface area (Å²) in [5.74, 6) is 0. The molecule has 0 unspecified atom stereocenters. The molecule has 0 fully saturated rings. The maximum absolute atomic E-state index is 6.23. The van der Waals surface area contributed by atoms with Crippen LogP contribution in [0.2, 0.25) is 0 Å². The van der Waals surface area contributed by atoms with Crippen LogP contribution in [0.15, 0.2) is 109 Å². The van der Waals surface area contributed by atoms with E-state index in [1.165, 1.54) is 16.7 Å². The highest BCUT2D eigenvalue weighted by Gasteiger charge is 2.43. The summed E-state index contributed by atoms with van der Waals surface area (Å²) in [7, 11) is 0.626. The van der Waals surface area contributed by atoms with Crippen molar-refractivity contribution in [2.24, 2.45) is 0 Å². The predicted molar refractivity (Wildman–Crippen MR) is 123 cm³/mol. The first kappa shape index (κ1) is 19.3. The Labute approximate surface area is 173 Å². The number of rotatable bonds is 6. The average Bonchev–Trinajstić information content (AvgIpc) is 2.82. The Bertz CT molecular complexity index is 1060. The molecule has 3 heteroatoms.